The highest BCUT2D eigenvalue weighted by atomic mass is 32.2. The third-order valence-corrected chi connectivity index (χ3v) is 4.75. The van der Waals surface area contributed by atoms with Gasteiger partial charge in [0.15, 0.2) is 0 Å². The van der Waals surface area contributed by atoms with E-state index in [0.29, 0.717) is 23.4 Å². The standard InChI is InChI=1S/C16H21N5O4S/c1-10(9-22)17-16-18-14(11-2-3-11)8-15(19-16)21-20-12-4-6-13(7-5-12)26(23,24)25/h4-8,10-11,20,22H,2-3,9H2,1H3,(H,23,24,25)(H2,17,18,19,21)/t10-/m1/s1. The van der Waals surface area contributed by atoms with Gasteiger partial charge < -0.3 is 10.4 Å². The number of anilines is 3. The van der Waals surface area contributed by atoms with Crippen molar-refractivity contribution >= 4 is 27.6 Å². The van der Waals surface area contributed by atoms with Crippen LogP contribution in [0.2, 0.25) is 0 Å². The fourth-order valence-corrected chi connectivity index (χ4v) is 2.78. The quantitative estimate of drug-likeness (QED) is 0.343. The first-order valence-electron chi connectivity index (χ1n) is 8.21. The van der Waals surface area contributed by atoms with E-state index in [4.69, 9.17) is 4.55 Å². The molecule has 26 heavy (non-hydrogen) atoms. The van der Waals surface area contributed by atoms with E-state index in [0.717, 1.165) is 18.5 Å². The van der Waals surface area contributed by atoms with Crippen molar-refractivity contribution in [3.63, 3.8) is 0 Å². The molecular formula is C16H21N5O4S. The number of aromatic nitrogens is 2. The molecule has 1 saturated carbocycles. The Kier molecular flexibility index (Phi) is 5.25. The highest BCUT2D eigenvalue weighted by molar-refractivity contribution is 7.85. The summed E-state index contributed by atoms with van der Waals surface area (Å²) in [5, 5.41) is 12.2. The zero-order valence-corrected chi connectivity index (χ0v) is 15.0. The Morgan fingerprint density at radius 3 is 2.46 bits per heavy atom. The van der Waals surface area contributed by atoms with Crippen LogP contribution in [0.1, 0.15) is 31.4 Å². The van der Waals surface area contributed by atoms with Crippen molar-refractivity contribution in [3.8, 4) is 0 Å². The largest absolute Gasteiger partial charge is 0.394 e. The van der Waals surface area contributed by atoms with E-state index in [2.05, 4.69) is 26.1 Å². The first-order valence-corrected chi connectivity index (χ1v) is 9.65. The number of benzene rings is 1. The number of hydrogen-bond acceptors (Lipinski definition) is 8. The van der Waals surface area contributed by atoms with Gasteiger partial charge in [0.2, 0.25) is 5.95 Å². The Hall–Kier alpha value is -2.43. The van der Waals surface area contributed by atoms with Crippen molar-refractivity contribution in [1.29, 1.82) is 0 Å². The SMILES string of the molecule is C[C@H](CO)Nc1nc(NNc2ccc(S(=O)(=O)O)cc2)cc(C2CC2)n1. The van der Waals surface area contributed by atoms with Crippen LogP contribution in [0.4, 0.5) is 17.5 Å². The predicted octanol–water partition coefficient (Wildman–Crippen LogP) is 1.83. The first kappa shape index (κ1) is 18.4. The van der Waals surface area contributed by atoms with Crippen LogP contribution in [0, 0.1) is 0 Å². The third kappa shape index (κ3) is 4.81. The summed E-state index contributed by atoms with van der Waals surface area (Å²) in [4.78, 5) is 8.67. The lowest BCUT2D eigenvalue weighted by Crippen LogP contribution is -2.22. The Bertz CT molecular complexity index is 869. The maximum Gasteiger partial charge on any atom is 0.294 e. The minimum Gasteiger partial charge on any atom is -0.394 e. The number of rotatable bonds is 8. The smallest absolute Gasteiger partial charge is 0.294 e. The molecule has 1 aliphatic carbocycles. The Labute approximate surface area is 151 Å². The van der Waals surface area contributed by atoms with Gasteiger partial charge in [0, 0.05) is 18.0 Å². The van der Waals surface area contributed by atoms with Crippen molar-refractivity contribution < 1.29 is 18.1 Å². The molecule has 0 unspecified atom stereocenters. The fourth-order valence-electron chi connectivity index (χ4n) is 2.30. The number of nitrogens with one attached hydrogen (secondary N) is 3. The second-order valence-corrected chi connectivity index (χ2v) is 7.67. The van der Waals surface area contributed by atoms with E-state index >= 15 is 0 Å². The average molecular weight is 379 g/mol. The van der Waals surface area contributed by atoms with Crippen molar-refractivity contribution in [2.45, 2.75) is 36.6 Å². The van der Waals surface area contributed by atoms with Crippen LogP contribution in [-0.4, -0.2) is 40.7 Å². The maximum absolute atomic E-state index is 11.1. The Morgan fingerprint density at radius 1 is 1.19 bits per heavy atom. The second-order valence-electron chi connectivity index (χ2n) is 6.25. The number of aliphatic hydroxyl groups excluding tert-OH is 1. The number of nitrogens with zero attached hydrogens (tertiary/aromatic N) is 2. The molecule has 3 rings (SSSR count). The molecule has 1 aliphatic rings. The highest BCUT2D eigenvalue weighted by Gasteiger charge is 2.26. The summed E-state index contributed by atoms with van der Waals surface area (Å²) in [7, 11) is -4.21. The molecule has 10 heteroatoms. The van der Waals surface area contributed by atoms with Gasteiger partial charge in [-0.25, -0.2) is 4.98 Å². The maximum atomic E-state index is 11.1. The topological polar surface area (TPSA) is 136 Å². The summed E-state index contributed by atoms with van der Waals surface area (Å²) < 4.78 is 31.1. The summed E-state index contributed by atoms with van der Waals surface area (Å²) in [6.07, 6.45) is 2.19. The molecule has 0 radical (unpaired) electrons. The molecule has 5 N–H and O–H groups in total. The highest BCUT2D eigenvalue weighted by Crippen LogP contribution is 2.39. The van der Waals surface area contributed by atoms with E-state index in [1.807, 2.05) is 13.0 Å². The number of hydrogen-bond donors (Lipinski definition) is 5. The molecule has 140 valence electrons. The van der Waals surface area contributed by atoms with Gasteiger partial charge in [-0.15, -0.1) is 0 Å². The third-order valence-electron chi connectivity index (χ3n) is 3.88. The normalized spacial score (nSPS) is 15.3. The molecule has 1 aromatic heterocycles. The summed E-state index contributed by atoms with van der Waals surface area (Å²) in [6, 6.07) is 7.32. The van der Waals surface area contributed by atoms with Crippen molar-refractivity contribution in [2.75, 3.05) is 22.8 Å². The molecule has 1 atom stereocenters. The van der Waals surface area contributed by atoms with Crippen molar-refractivity contribution in [2.24, 2.45) is 0 Å². The molecule has 2 aromatic rings. The Morgan fingerprint density at radius 2 is 1.88 bits per heavy atom. The monoisotopic (exact) mass is 379 g/mol. The van der Waals surface area contributed by atoms with Gasteiger partial charge in [-0.1, -0.05) is 0 Å². The van der Waals surface area contributed by atoms with E-state index in [9.17, 15) is 13.5 Å². The van der Waals surface area contributed by atoms with E-state index in [1.54, 1.807) is 0 Å². The van der Waals surface area contributed by atoms with Gasteiger partial charge in [-0.3, -0.25) is 15.4 Å². The molecule has 1 fully saturated rings. The number of aliphatic hydroxyl groups is 1. The van der Waals surface area contributed by atoms with Crippen LogP contribution < -0.4 is 16.2 Å². The fraction of sp³-hybridized carbons (Fsp3) is 0.375. The van der Waals surface area contributed by atoms with Crippen LogP contribution in [-0.2, 0) is 10.1 Å². The van der Waals surface area contributed by atoms with Gasteiger partial charge >= 0.3 is 0 Å². The van der Waals surface area contributed by atoms with Crippen molar-refractivity contribution in [3.05, 3.63) is 36.0 Å². The van der Waals surface area contributed by atoms with Gasteiger partial charge in [-0.05, 0) is 44.0 Å². The minimum absolute atomic E-state index is 0.0296. The van der Waals surface area contributed by atoms with Crippen LogP contribution in [0.5, 0.6) is 0 Å². The molecule has 0 saturated heterocycles. The number of hydrazine groups is 1. The summed E-state index contributed by atoms with van der Waals surface area (Å²) >= 11 is 0. The summed E-state index contributed by atoms with van der Waals surface area (Å²) in [5.74, 6) is 1.41. The summed E-state index contributed by atoms with van der Waals surface area (Å²) in [6.45, 7) is 1.80. The Balaban J connectivity index is 1.72. The molecule has 1 aromatic carbocycles. The van der Waals surface area contributed by atoms with E-state index < -0.39 is 10.1 Å². The molecule has 9 nitrogen and oxygen atoms in total. The average Bonchev–Trinajstić information content (AvgIpc) is 3.44. The second kappa shape index (κ2) is 7.44. The first-order chi connectivity index (χ1) is 12.3. The molecule has 0 spiro atoms. The lowest BCUT2D eigenvalue weighted by atomic mass is 10.3. The van der Waals surface area contributed by atoms with Gasteiger partial charge in [0.1, 0.15) is 5.82 Å². The predicted molar refractivity (Wildman–Crippen MR) is 97.7 cm³/mol. The van der Waals surface area contributed by atoms with Crippen LogP contribution in [0.15, 0.2) is 35.2 Å². The van der Waals surface area contributed by atoms with E-state index in [1.165, 1.54) is 24.3 Å². The molecular weight excluding hydrogens is 358 g/mol. The lowest BCUT2D eigenvalue weighted by Gasteiger charge is -2.15. The zero-order chi connectivity index (χ0) is 18.7. The summed E-state index contributed by atoms with van der Waals surface area (Å²) in [5.41, 5.74) is 7.41. The van der Waals surface area contributed by atoms with Gasteiger partial charge in [0.25, 0.3) is 10.1 Å². The lowest BCUT2D eigenvalue weighted by molar-refractivity contribution is 0.281. The molecule has 0 amide bonds. The van der Waals surface area contributed by atoms with Crippen LogP contribution >= 0.6 is 0 Å². The van der Waals surface area contributed by atoms with E-state index in [-0.39, 0.29) is 17.5 Å². The molecule has 0 bridgehead atoms. The zero-order valence-electron chi connectivity index (χ0n) is 14.2. The van der Waals surface area contributed by atoms with Gasteiger partial charge in [0.05, 0.1) is 22.9 Å². The van der Waals surface area contributed by atoms with Crippen LogP contribution in [0.25, 0.3) is 0 Å². The molecule has 1 heterocycles. The van der Waals surface area contributed by atoms with Gasteiger partial charge in [-0.2, -0.15) is 13.4 Å². The minimum atomic E-state index is -4.21. The van der Waals surface area contributed by atoms with Crippen molar-refractivity contribution in [1.82, 2.24) is 9.97 Å². The molecule has 0 aliphatic heterocycles. The van der Waals surface area contributed by atoms with Crippen LogP contribution in [0.3, 0.4) is 0 Å².